The Morgan fingerprint density at radius 3 is 2.89 bits per heavy atom. The minimum Gasteiger partial charge on any atom is -0.263 e. The first-order valence-corrected chi connectivity index (χ1v) is 7.07. The summed E-state index contributed by atoms with van der Waals surface area (Å²) in [5, 5.41) is 6.29. The van der Waals surface area contributed by atoms with Crippen LogP contribution >= 0.6 is 0 Å². The van der Waals surface area contributed by atoms with E-state index in [9.17, 15) is 12.8 Å². The Hall–Kier alpha value is -1.80. The molecule has 0 aliphatic heterocycles. The van der Waals surface area contributed by atoms with Crippen LogP contribution in [0.15, 0.2) is 29.4 Å². The SMILES string of the molecule is Cc1ccc(F)cc1S(=O)(=O)NCCc1ncn[nH]1. The average molecular weight is 284 g/mol. The first-order chi connectivity index (χ1) is 8.99. The van der Waals surface area contributed by atoms with Crippen LogP contribution in [0.5, 0.6) is 0 Å². The van der Waals surface area contributed by atoms with Crippen LogP contribution in [0.4, 0.5) is 4.39 Å². The van der Waals surface area contributed by atoms with Gasteiger partial charge in [-0.15, -0.1) is 0 Å². The normalized spacial score (nSPS) is 11.7. The van der Waals surface area contributed by atoms with E-state index in [4.69, 9.17) is 0 Å². The third kappa shape index (κ3) is 3.36. The van der Waals surface area contributed by atoms with Crippen LogP contribution in [0.25, 0.3) is 0 Å². The van der Waals surface area contributed by atoms with E-state index in [0.717, 1.165) is 6.07 Å². The predicted octanol–water partition coefficient (Wildman–Crippen LogP) is 0.773. The van der Waals surface area contributed by atoms with Crippen LogP contribution in [-0.2, 0) is 16.4 Å². The number of sulfonamides is 1. The summed E-state index contributed by atoms with van der Waals surface area (Å²) in [6.45, 7) is 1.78. The van der Waals surface area contributed by atoms with Gasteiger partial charge in [0.2, 0.25) is 10.0 Å². The number of halogens is 1. The number of hydrogen-bond acceptors (Lipinski definition) is 4. The van der Waals surface area contributed by atoms with Gasteiger partial charge in [0.05, 0.1) is 4.90 Å². The molecule has 0 radical (unpaired) electrons. The second-order valence-electron chi connectivity index (χ2n) is 3.99. The predicted molar refractivity (Wildman–Crippen MR) is 66.4 cm³/mol. The van der Waals surface area contributed by atoms with Crippen LogP contribution in [0.3, 0.4) is 0 Å². The van der Waals surface area contributed by atoms with E-state index >= 15 is 0 Å². The highest BCUT2D eigenvalue weighted by molar-refractivity contribution is 7.89. The van der Waals surface area contributed by atoms with Gasteiger partial charge in [0.15, 0.2) is 0 Å². The van der Waals surface area contributed by atoms with Crippen molar-refractivity contribution >= 4 is 10.0 Å². The molecule has 6 nitrogen and oxygen atoms in total. The minimum absolute atomic E-state index is 0.0509. The molecule has 19 heavy (non-hydrogen) atoms. The lowest BCUT2D eigenvalue weighted by atomic mass is 10.2. The maximum atomic E-state index is 13.1. The number of aromatic nitrogens is 3. The van der Waals surface area contributed by atoms with Crippen molar-refractivity contribution < 1.29 is 12.8 Å². The van der Waals surface area contributed by atoms with Gasteiger partial charge in [-0.1, -0.05) is 6.07 Å². The number of nitrogens with zero attached hydrogens (tertiary/aromatic N) is 2. The minimum atomic E-state index is -3.72. The largest absolute Gasteiger partial charge is 0.263 e. The van der Waals surface area contributed by atoms with Gasteiger partial charge in [-0.05, 0) is 24.6 Å². The molecular formula is C11H13FN4O2S. The Morgan fingerprint density at radius 1 is 1.42 bits per heavy atom. The summed E-state index contributed by atoms with van der Waals surface area (Å²) in [7, 11) is -3.72. The van der Waals surface area contributed by atoms with Crippen LogP contribution in [0.2, 0.25) is 0 Å². The maximum Gasteiger partial charge on any atom is 0.240 e. The summed E-state index contributed by atoms with van der Waals surface area (Å²) >= 11 is 0. The van der Waals surface area contributed by atoms with E-state index in [1.165, 1.54) is 18.5 Å². The number of aromatic amines is 1. The molecule has 0 aliphatic rings. The van der Waals surface area contributed by atoms with E-state index in [-0.39, 0.29) is 11.4 Å². The first kappa shape index (κ1) is 13.6. The second-order valence-corrected chi connectivity index (χ2v) is 5.73. The van der Waals surface area contributed by atoms with Gasteiger partial charge in [-0.25, -0.2) is 22.5 Å². The smallest absolute Gasteiger partial charge is 0.240 e. The van der Waals surface area contributed by atoms with Crippen molar-refractivity contribution in [3.63, 3.8) is 0 Å². The van der Waals surface area contributed by atoms with Crippen molar-refractivity contribution in [2.24, 2.45) is 0 Å². The van der Waals surface area contributed by atoms with Gasteiger partial charge < -0.3 is 0 Å². The topological polar surface area (TPSA) is 87.7 Å². The molecule has 1 aromatic heterocycles. The summed E-state index contributed by atoms with van der Waals surface area (Å²) in [5.74, 6) is -0.000117. The van der Waals surface area contributed by atoms with Crippen LogP contribution in [0.1, 0.15) is 11.4 Å². The average Bonchev–Trinajstić information content (AvgIpc) is 2.85. The molecule has 0 bridgehead atoms. The molecule has 0 spiro atoms. The fourth-order valence-corrected chi connectivity index (χ4v) is 2.88. The van der Waals surface area contributed by atoms with Crippen molar-refractivity contribution in [1.29, 1.82) is 0 Å². The quantitative estimate of drug-likeness (QED) is 0.849. The Morgan fingerprint density at radius 2 is 2.21 bits per heavy atom. The van der Waals surface area contributed by atoms with Crippen LogP contribution in [-0.4, -0.2) is 30.1 Å². The summed E-state index contributed by atoms with van der Waals surface area (Å²) in [6, 6.07) is 3.66. The summed E-state index contributed by atoms with van der Waals surface area (Å²) in [4.78, 5) is 3.83. The molecule has 1 aromatic carbocycles. The molecule has 1 heterocycles. The fourth-order valence-electron chi connectivity index (χ4n) is 1.60. The number of rotatable bonds is 5. The zero-order valence-electron chi connectivity index (χ0n) is 10.2. The first-order valence-electron chi connectivity index (χ1n) is 5.59. The zero-order chi connectivity index (χ0) is 13.9. The highest BCUT2D eigenvalue weighted by atomic mass is 32.2. The van der Waals surface area contributed by atoms with Crippen molar-refractivity contribution in [3.8, 4) is 0 Å². The Balaban J connectivity index is 2.07. The Kier molecular flexibility index (Phi) is 3.91. The van der Waals surface area contributed by atoms with Gasteiger partial charge in [-0.2, -0.15) is 5.10 Å². The summed E-state index contributed by atoms with van der Waals surface area (Å²) in [6.07, 6.45) is 1.73. The van der Waals surface area contributed by atoms with E-state index < -0.39 is 15.8 Å². The third-order valence-electron chi connectivity index (χ3n) is 2.56. The molecule has 2 rings (SSSR count). The molecule has 0 saturated heterocycles. The van der Waals surface area contributed by atoms with Crippen LogP contribution < -0.4 is 4.72 Å². The molecule has 2 aromatic rings. The fraction of sp³-hybridized carbons (Fsp3) is 0.273. The van der Waals surface area contributed by atoms with Crippen molar-refractivity contribution in [2.45, 2.75) is 18.2 Å². The van der Waals surface area contributed by atoms with E-state index in [0.29, 0.717) is 17.8 Å². The highest BCUT2D eigenvalue weighted by Gasteiger charge is 2.17. The van der Waals surface area contributed by atoms with E-state index in [2.05, 4.69) is 19.9 Å². The molecule has 0 fully saturated rings. The third-order valence-corrected chi connectivity index (χ3v) is 4.16. The zero-order valence-corrected chi connectivity index (χ0v) is 11.0. The van der Waals surface area contributed by atoms with Gasteiger partial charge in [0, 0.05) is 13.0 Å². The summed E-state index contributed by atoms with van der Waals surface area (Å²) in [5.41, 5.74) is 0.494. The monoisotopic (exact) mass is 284 g/mol. The highest BCUT2D eigenvalue weighted by Crippen LogP contribution is 2.15. The second kappa shape index (κ2) is 5.45. The Labute approximate surface area is 110 Å². The number of benzene rings is 1. The molecule has 0 saturated carbocycles. The number of hydrogen-bond donors (Lipinski definition) is 2. The molecule has 0 amide bonds. The van der Waals surface area contributed by atoms with Gasteiger partial charge >= 0.3 is 0 Å². The van der Waals surface area contributed by atoms with Gasteiger partial charge in [0.1, 0.15) is 18.0 Å². The lowest BCUT2D eigenvalue weighted by Gasteiger charge is -2.08. The lowest BCUT2D eigenvalue weighted by Crippen LogP contribution is -2.27. The molecule has 0 atom stereocenters. The number of aryl methyl sites for hydroxylation is 1. The van der Waals surface area contributed by atoms with Gasteiger partial charge in [0.25, 0.3) is 0 Å². The molecular weight excluding hydrogens is 271 g/mol. The number of nitrogens with one attached hydrogen (secondary N) is 2. The molecule has 0 unspecified atom stereocenters. The van der Waals surface area contributed by atoms with E-state index in [1.807, 2.05) is 0 Å². The summed E-state index contributed by atoms with van der Waals surface area (Å²) < 4.78 is 39.5. The number of H-pyrrole nitrogens is 1. The Bertz CT molecular complexity index is 655. The van der Waals surface area contributed by atoms with Crippen molar-refractivity contribution in [1.82, 2.24) is 19.9 Å². The van der Waals surface area contributed by atoms with Crippen molar-refractivity contribution in [2.75, 3.05) is 6.54 Å². The molecule has 8 heteroatoms. The van der Waals surface area contributed by atoms with Crippen molar-refractivity contribution in [3.05, 3.63) is 41.7 Å². The maximum absolute atomic E-state index is 13.1. The lowest BCUT2D eigenvalue weighted by molar-refractivity contribution is 0.576. The molecule has 0 aliphatic carbocycles. The molecule has 2 N–H and O–H groups in total. The standard InChI is InChI=1S/C11H13FN4O2S/c1-8-2-3-9(12)6-10(8)19(17,18)15-5-4-11-13-7-14-16-11/h2-3,6-7,15H,4-5H2,1H3,(H,13,14,16). The van der Waals surface area contributed by atoms with E-state index in [1.54, 1.807) is 6.92 Å². The molecule has 102 valence electrons. The van der Waals surface area contributed by atoms with Crippen LogP contribution in [0, 0.1) is 12.7 Å². The van der Waals surface area contributed by atoms with Gasteiger partial charge in [-0.3, -0.25) is 5.10 Å².